The van der Waals surface area contributed by atoms with E-state index in [1.165, 1.54) is 30.3 Å². The Hall–Kier alpha value is -2.64. The number of imide groups is 1. The first-order valence-corrected chi connectivity index (χ1v) is 11.1. The van der Waals surface area contributed by atoms with Crippen LogP contribution in [0.4, 0.5) is 19.3 Å². The number of halogens is 3. The third-order valence-corrected chi connectivity index (χ3v) is 7.14. The molecule has 0 aromatic heterocycles. The maximum atomic E-state index is 15.0. The molecule has 0 atom stereocenters. The van der Waals surface area contributed by atoms with Gasteiger partial charge in [-0.05, 0) is 68.4 Å². The number of carbonyl (C=O) groups is 2. The number of thioether (sulfide) groups is 1. The first-order chi connectivity index (χ1) is 15.0. The molecule has 4 rings (SSSR count). The average molecular weight is 475 g/mol. The second-order valence-corrected chi connectivity index (χ2v) is 9.80. The Bertz CT molecular complexity index is 1200. The molecule has 0 unspecified atom stereocenters. The van der Waals surface area contributed by atoms with E-state index in [1.54, 1.807) is 6.07 Å². The summed E-state index contributed by atoms with van der Waals surface area (Å²) in [4.78, 5) is 28.3. The van der Waals surface area contributed by atoms with Crippen molar-refractivity contribution < 1.29 is 18.4 Å². The van der Waals surface area contributed by atoms with E-state index in [1.807, 2.05) is 32.7 Å². The molecule has 8 heteroatoms. The van der Waals surface area contributed by atoms with E-state index in [0.717, 1.165) is 21.7 Å². The van der Waals surface area contributed by atoms with E-state index in [0.29, 0.717) is 11.8 Å². The summed E-state index contributed by atoms with van der Waals surface area (Å²) in [6, 6.07) is 7.29. The molecule has 0 spiro atoms. The van der Waals surface area contributed by atoms with Crippen LogP contribution in [0.25, 0.3) is 11.6 Å². The van der Waals surface area contributed by atoms with Crippen LogP contribution in [0.1, 0.15) is 37.5 Å². The SMILES string of the molecule is CC1=CC(C)(C)N(C)c2cc(F)c(/C=C3/SC(=O)N(Cc4c(F)cccc4Cl)C3=O)cc21. The number of hydrogen-bond acceptors (Lipinski definition) is 4. The molecule has 2 aromatic rings. The highest BCUT2D eigenvalue weighted by Crippen LogP contribution is 2.40. The van der Waals surface area contributed by atoms with Gasteiger partial charge in [0.1, 0.15) is 11.6 Å². The van der Waals surface area contributed by atoms with Crippen molar-refractivity contribution in [3.05, 3.63) is 74.7 Å². The van der Waals surface area contributed by atoms with E-state index in [4.69, 9.17) is 11.6 Å². The van der Waals surface area contributed by atoms with Gasteiger partial charge in [0.25, 0.3) is 11.1 Å². The van der Waals surface area contributed by atoms with Gasteiger partial charge < -0.3 is 4.90 Å². The molecule has 0 aliphatic carbocycles. The minimum Gasteiger partial charge on any atom is -0.365 e. The number of rotatable bonds is 3. The topological polar surface area (TPSA) is 40.6 Å². The summed E-state index contributed by atoms with van der Waals surface area (Å²) in [6.45, 7) is 5.76. The van der Waals surface area contributed by atoms with Crippen molar-refractivity contribution in [3.8, 4) is 0 Å². The number of nitrogens with zero attached hydrogens (tertiary/aromatic N) is 2. The molecule has 0 saturated carbocycles. The fraction of sp³-hybridized carbons (Fsp3) is 0.250. The van der Waals surface area contributed by atoms with E-state index in [-0.39, 0.29) is 33.1 Å². The Morgan fingerprint density at radius 2 is 1.88 bits per heavy atom. The summed E-state index contributed by atoms with van der Waals surface area (Å²) in [5.41, 5.74) is 2.62. The Balaban J connectivity index is 1.68. The highest BCUT2D eigenvalue weighted by Gasteiger charge is 2.36. The van der Waals surface area contributed by atoms with Crippen LogP contribution in [0.15, 0.2) is 41.3 Å². The number of benzene rings is 2. The second-order valence-electron chi connectivity index (χ2n) is 8.40. The van der Waals surface area contributed by atoms with E-state index >= 15 is 0 Å². The van der Waals surface area contributed by atoms with Crippen molar-refractivity contribution in [1.82, 2.24) is 4.90 Å². The molecule has 4 nitrogen and oxygen atoms in total. The lowest BCUT2D eigenvalue weighted by Gasteiger charge is -2.40. The quantitative estimate of drug-likeness (QED) is 0.477. The lowest BCUT2D eigenvalue weighted by atomic mass is 9.88. The van der Waals surface area contributed by atoms with Gasteiger partial charge >= 0.3 is 0 Å². The number of fused-ring (bicyclic) bond motifs is 1. The zero-order valence-electron chi connectivity index (χ0n) is 18.0. The molecule has 0 radical (unpaired) electrons. The van der Waals surface area contributed by atoms with Crippen LogP contribution in [0.3, 0.4) is 0 Å². The number of likely N-dealkylation sites (N-methyl/N-ethyl adjacent to an activating group) is 1. The summed E-state index contributed by atoms with van der Waals surface area (Å²) >= 11 is 6.73. The van der Waals surface area contributed by atoms with Crippen molar-refractivity contribution >= 4 is 51.8 Å². The van der Waals surface area contributed by atoms with Crippen molar-refractivity contribution in [1.29, 1.82) is 0 Å². The molecular weight excluding hydrogens is 454 g/mol. The number of carbonyl (C=O) groups excluding carboxylic acids is 2. The standard InChI is InChI=1S/C24H21ClF2N2O2S/c1-13-11-24(2,3)28(4)20-10-19(27)14(8-15(13)20)9-21-22(30)29(23(31)32-21)12-16-17(25)6-5-7-18(16)26/h5-11H,12H2,1-4H3/b21-9+. The average Bonchev–Trinajstić information content (AvgIpc) is 2.97. The fourth-order valence-corrected chi connectivity index (χ4v) is 4.97. The number of allylic oxidation sites excluding steroid dienone is 1. The van der Waals surface area contributed by atoms with Gasteiger partial charge in [-0.1, -0.05) is 23.7 Å². The maximum absolute atomic E-state index is 15.0. The van der Waals surface area contributed by atoms with Gasteiger partial charge in [0.05, 0.1) is 17.0 Å². The highest BCUT2D eigenvalue weighted by molar-refractivity contribution is 8.18. The van der Waals surface area contributed by atoms with Gasteiger partial charge in [-0.15, -0.1) is 0 Å². The molecule has 166 valence electrons. The zero-order chi connectivity index (χ0) is 23.4. The van der Waals surface area contributed by atoms with Crippen LogP contribution in [-0.2, 0) is 11.3 Å². The van der Waals surface area contributed by atoms with E-state index in [2.05, 4.69) is 6.08 Å². The molecule has 32 heavy (non-hydrogen) atoms. The van der Waals surface area contributed by atoms with Gasteiger partial charge in [0.15, 0.2) is 0 Å². The summed E-state index contributed by atoms with van der Waals surface area (Å²) in [6.07, 6.45) is 3.47. The number of amides is 2. The normalized spacial score (nSPS) is 19.0. The third kappa shape index (κ3) is 3.84. The molecule has 1 fully saturated rings. The summed E-state index contributed by atoms with van der Waals surface area (Å²) < 4.78 is 29.1. The van der Waals surface area contributed by atoms with E-state index in [9.17, 15) is 18.4 Å². The van der Waals surface area contributed by atoms with Crippen LogP contribution in [0.5, 0.6) is 0 Å². The maximum Gasteiger partial charge on any atom is 0.293 e. The van der Waals surface area contributed by atoms with Crippen molar-refractivity contribution in [2.24, 2.45) is 0 Å². The minimum absolute atomic E-state index is 0.0593. The van der Waals surface area contributed by atoms with Crippen LogP contribution in [-0.4, -0.2) is 28.6 Å². The van der Waals surface area contributed by atoms with Crippen molar-refractivity contribution in [3.63, 3.8) is 0 Å². The second kappa shape index (κ2) is 8.05. The lowest BCUT2D eigenvalue weighted by molar-refractivity contribution is -0.123. The fourth-order valence-electron chi connectivity index (χ4n) is 3.92. The van der Waals surface area contributed by atoms with Gasteiger partial charge in [-0.3, -0.25) is 14.5 Å². The first-order valence-electron chi connectivity index (χ1n) is 9.95. The molecule has 2 amide bonds. The molecular formula is C24H21ClF2N2O2S. The van der Waals surface area contributed by atoms with Gasteiger partial charge in [0, 0.05) is 34.4 Å². The lowest BCUT2D eigenvalue weighted by Crippen LogP contribution is -2.42. The zero-order valence-corrected chi connectivity index (χ0v) is 19.6. The van der Waals surface area contributed by atoms with E-state index < -0.39 is 22.8 Å². The Morgan fingerprint density at radius 1 is 1.16 bits per heavy atom. The van der Waals surface area contributed by atoms with Crippen LogP contribution in [0.2, 0.25) is 5.02 Å². The Morgan fingerprint density at radius 3 is 2.56 bits per heavy atom. The Labute approximate surface area is 194 Å². The molecule has 2 heterocycles. The summed E-state index contributed by atoms with van der Waals surface area (Å²) in [5.74, 6) is -1.71. The summed E-state index contributed by atoms with van der Waals surface area (Å²) in [7, 11) is 1.90. The minimum atomic E-state index is -0.609. The van der Waals surface area contributed by atoms with Crippen molar-refractivity contribution in [2.75, 3.05) is 11.9 Å². The smallest absolute Gasteiger partial charge is 0.293 e. The van der Waals surface area contributed by atoms with Crippen LogP contribution >= 0.6 is 23.4 Å². The molecule has 2 aromatic carbocycles. The Kier molecular flexibility index (Phi) is 5.67. The third-order valence-electron chi connectivity index (χ3n) is 5.87. The van der Waals surface area contributed by atoms with Crippen LogP contribution < -0.4 is 4.90 Å². The van der Waals surface area contributed by atoms with Gasteiger partial charge in [-0.2, -0.15) is 0 Å². The number of anilines is 1. The van der Waals surface area contributed by atoms with Crippen molar-refractivity contribution in [2.45, 2.75) is 32.9 Å². The van der Waals surface area contributed by atoms with Crippen LogP contribution in [0, 0.1) is 11.6 Å². The molecule has 2 aliphatic heterocycles. The highest BCUT2D eigenvalue weighted by atomic mass is 35.5. The summed E-state index contributed by atoms with van der Waals surface area (Å²) in [5, 5.41) is -0.431. The largest absolute Gasteiger partial charge is 0.365 e. The monoisotopic (exact) mass is 474 g/mol. The predicted molar refractivity (Wildman–Crippen MR) is 125 cm³/mol. The van der Waals surface area contributed by atoms with Gasteiger partial charge in [-0.25, -0.2) is 8.78 Å². The van der Waals surface area contributed by atoms with Gasteiger partial charge in [0.2, 0.25) is 0 Å². The molecule has 0 N–H and O–H groups in total. The molecule has 2 aliphatic rings. The molecule has 0 bridgehead atoms. The predicted octanol–water partition coefficient (Wildman–Crippen LogP) is 6.49. The number of hydrogen-bond donors (Lipinski definition) is 0. The first kappa shape index (κ1) is 22.6. The molecule has 1 saturated heterocycles.